The van der Waals surface area contributed by atoms with Crippen molar-refractivity contribution in [2.24, 2.45) is 0 Å². The van der Waals surface area contributed by atoms with Gasteiger partial charge in [0.2, 0.25) is 5.91 Å². The molecule has 178 valence electrons. The van der Waals surface area contributed by atoms with Crippen LogP contribution in [0.4, 0.5) is 11.5 Å². The Balaban J connectivity index is 1.30. The van der Waals surface area contributed by atoms with Crippen molar-refractivity contribution in [3.05, 3.63) is 57.2 Å². The number of fused-ring (bicyclic) bond motifs is 3. The number of nitrogens with one attached hydrogen (secondary N) is 1. The van der Waals surface area contributed by atoms with Gasteiger partial charge in [0.25, 0.3) is 0 Å². The van der Waals surface area contributed by atoms with E-state index in [9.17, 15) is 4.79 Å². The van der Waals surface area contributed by atoms with Crippen molar-refractivity contribution in [2.45, 2.75) is 45.2 Å². The molecule has 0 radical (unpaired) electrons. The van der Waals surface area contributed by atoms with Gasteiger partial charge in [-0.3, -0.25) is 9.69 Å². The predicted octanol–water partition coefficient (Wildman–Crippen LogP) is 6.06. The molecule has 9 heteroatoms. The zero-order valence-corrected chi connectivity index (χ0v) is 21.4. The van der Waals surface area contributed by atoms with Crippen molar-refractivity contribution in [2.75, 3.05) is 25.0 Å². The number of halogens is 2. The van der Waals surface area contributed by atoms with Gasteiger partial charge in [-0.15, -0.1) is 11.3 Å². The maximum atomic E-state index is 12.9. The largest absolute Gasteiger partial charge is 0.340 e. The molecule has 0 saturated carbocycles. The molecular weight excluding hydrogens is 489 g/mol. The number of rotatable bonds is 5. The van der Waals surface area contributed by atoms with Crippen LogP contribution in [0, 0.1) is 0 Å². The van der Waals surface area contributed by atoms with Crippen LogP contribution in [-0.2, 0) is 17.8 Å². The number of carbonyl (C=O) groups excluding carboxylic acids is 1. The SMILES string of the molecule is CC1CCCCN1C/C=C/C(=O)N1CCc2c(sc3ncnc(Nc4ccc(Cl)c(Cl)c4)c23)C1. The molecule has 1 N–H and O–H groups in total. The lowest BCUT2D eigenvalue weighted by atomic mass is 10.0. The molecule has 2 aliphatic rings. The minimum absolute atomic E-state index is 0.0769. The molecule has 1 aromatic carbocycles. The summed E-state index contributed by atoms with van der Waals surface area (Å²) < 4.78 is 0. The monoisotopic (exact) mass is 515 g/mol. The molecule has 4 heterocycles. The van der Waals surface area contributed by atoms with Crippen LogP contribution < -0.4 is 5.32 Å². The summed E-state index contributed by atoms with van der Waals surface area (Å²) in [6.45, 7) is 5.52. The maximum Gasteiger partial charge on any atom is 0.246 e. The van der Waals surface area contributed by atoms with Crippen LogP contribution in [0.15, 0.2) is 36.7 Å². The van der Waals surface area contributed by atoms with Gasteiger partial charge in [-0.2, -0.15) is 0 Å². The minimum Gasteiger partial charge on any atom is -0.340 e. The lowest BCUT2D eigenvalue weighted by molar-refractivity contribution is -0.126. The minimum atomic E-state index is 0.0769. The van der Waals surface area contributed by atoms with Gasteiger partial charge in [-0.05, 0) is 56.5 Å². The van der Waals surface area contributed by atoms with E-state index >= 15 is 0 Å². The third kappa shape index (κ3) is 4.93. The molecule has 1 atom stereocenters. The number of hydrogen-bond donors (Lipinski definition) is 1. The smallest absolute Gasteiger partial charge is 0.246 e. The summed E-state index contributed by atoms with van der Waals surface area (Å²) >= 11 is 13.9. The third-order valence-corrected chi connectivity index (χ3v) is 8.54. The molecule has 2 aliphatic heterocycles. The molecule has 1 amide bonds. The molecule has 0 spiro atoms. The van der Waals surface area contributed by atoms with Crippen LogP contribution in [0.3, 0.4) is 0 Å². The maximum absolute atomic E-state index is 12.9. The number of aromatic nitrogens is 2. The zero-order chi connectivity index (χ0) is 23.7. The fourth-order valence-electron chi connectivity index (χ4n) is 4.74. The Morgan fingerprint density at radius 3 is 2.94 bits per heavy atom. The number of hydrogen-bond acceptors (Lipinski definition) is 6. The normalized spacial score (nSPS) is 19.0. The highest BCUT2D eigenvalue weighted by Gasteiger charge is 2.26. The summed E-state index contributed by atoms with van der Waals surface area (Å²) in [5, 5.41) is 5.39. The molecule has 1 saturated heterocycles. The van der Waals surface area contributed by atoms with Crippen LogP contribution in [0.2, 0.25) is 10.0 Å². The molecule has 3 aromatic rings. The van der Waals surface area contributed by atoms with Crippen molar-refractivity contribution in [1.29, 1.82) is 0 Å². The molecule has 6 nitrogen and oxygen atoms in total. The number of anilines is 2. The quantitative estimate of drug-likeness (QED) is 0.418. The summed E-state index contributed by atoms with van der Waals surface area (Å²) in [6.07, 6.45) is 9.91. The van der Waals surface area contributed by atoms with E-state index in [2.05, 4.69) is 27.1 Å². The molecular formula is C25H27Cl2N5OS. The summed E-state index contributed by atoms with van der Waals surface area (Å²) in [5.74, 6) is 0.823. The summed E-state index contributed by atoms with van der Waals surface area (Å²) in [7, 11) is 0. The molecule has 5 rings (SSSR count). The van der Waals surface area contributed by atoms with E-state index in [1.807, 2.05) is 17.0 Å². The van der Waals surface area contributed by atoms with Gasteiger partial charge in [-0.25, -0.2) is 9.97 Å². The van der Waals surface area contributed by atoms with Gasteiger partial charge in [-0.1, -0.05) is 35.7 Å². The van der Waals surface area contributed by atoms with Crippen molar-refractivity contribution in [3.8, 4) is 0 Å². The average molecular weight is 516 g/mol. The van der Waals surface area contributed by atoms with E-state index in [0.717, 1.165) is 41.2 Å². The number of nitrogens with zero attached hydrogens (tertiary/aromatic N) is 4. The predicted molar refractivity (Wildman–Crippen MR) is 140 cm³/mol. The van der Waals surface area contributed by atoms with E-state index < -0.39 is 0 Å². The van der Waals surface area contributed by atoms with Gasteiger partial charge < -0.3 is 10.2 Å². The fraction of sp³-hybridized carbons (Fsp3) is 0.400. The van der Waals surface area contributed by atoms with E-state index in [0.29, 0.717) is 29.2 Å². The first-order valence-electron chi connectivity index (χ1n) is 11.7. The van der Waals surface area contributed by atoms with Crippen LogP contribution in [0.1, 0.15) is 36.6 Å². The second-order valence-corrected chi connectivity index (χ2v) is 10.8. The number of carbonyl (C=O) groups is 1. The number of likely N-dealkylation sites (tertiary alicyclic amines) is 1. The molecule has 34 heavy (non-hydrogen) atoms. The summed E-state index contributed by atoms with van der Waals surface area (Å²) in [6, 6.07) is 6.01. The Morgan fingerprint density at radius 2 is 2.12 bits per heavy atom. The van der Waals surface area contributed by atoms with Crippen LogP contribution >= 0.6 is 34.5 Å². The van der Waals surface area contributed by atoms with E-state index in [4.69, 9.17) is 23.2 Å². The second kappa shape index (κ2) is 10.2. The van der Waals surface area contributed by atoms with Crippen LogP contribution in [0.25, 0.3) is 10.2 Å². The first-order chi connectivity index (χ1) is 16.5. The summed E-state index contributed by atoms with van der Waals surface area (Å²) in [5.41, 5.74) is 2.04. The van der Waals surface area contributed by atoms with Crippen molar-refractivity contribution in [3.63, 3.8) is 0 Å². The lowest BCUT2D eigenvalue weighted by Gasteiger charge is -2.32. The highest BCUT2D eigenvalue weighted by molar-refractivity contribution is 7.19. The van der Waals surface area contributed by atoms with Gasteiger partial charge in [0.05, 0.1) is 22.0 Å². The fourth-order valence-corrected chi connectivity index (χ4v) is 6.25. The zero-order valence-electron chi connectivity index (χ0n) is 19.1. The first kappa shape index (κ1) is 23.5. The number of piperidine rings is 1. The second-order valence-electron chi connectivity index (χ2n) is 8.91. The Hall–Kier alpha value is -2.19. The topological polar surface area (TPSA) is 61.4 Å². The van der Waals surface area contributed by atoms with Crippen LogP contribution in [0.5, 0.6) is 0 Å². The highest BCUT2D eigenvalue weighted by atomic mass is 35.5. The highest BCUT2D eigenvalue weighted by Crippen LogP contribution is 2.38. The number of benzene rings is 1. The van der Waals surface area contributed by atoms with Crippen molar-refractivity contribution >= 4 is 62.2 Å². The van der Waals surface area contributed by atoms with Gasteiger partial charge >= 0.3 is 0 Å². The molecule has 1 unspecified atom stereocenters. The summed E-state index contributed by atoms with van der Waals surface area (Å²) in [4.78, 5) is 28.3. The van der Waals surface area contributed by atoms with Crippen LogP contribution in [-0.4, -0.2) is 51.4 Å². The molecule has 1 fully saturated rings. The van der Waals surface area contributed by atoms with Crippen molar-refractivity contribution in [1.82, 2.24) is 19.8 Å². The van der Waals surface area contributed by atoms with E-state index in [1.54, 1.807) is 35.9 Å². The third-order valence-electron chi connectivity index (χ3n) is 6.67. The number of amides is 1. The number of thiophene rings is 1. The van der Waals surface area contributed by atoms with Gasteiger partial charge in [0, 0.05) is 35.8 Å². The lowest BCUT2D eigenvalue weighted by Crippen LogP contribution is -2.37. The Kier molecular flexibility index (Phi) is 7.06. The molecule has 0 bridgehead atoms. The van der Waals surface area contributed by atoms with E-state index in [-0.39, 0.29) is 5.91 Å². The van der Waals surface area contributed by atoms with E-state index in [1.165, 1.54) is 29.7 Å². The Labute approximate surface area is 213 Å². The van der Waals surface area contributed by atoms with Gasteiger partial charge in [0.15, 0.2) is 0 Å². The molecule has 0 aliphatic carbocycles. The van der Waals surface area contributed by atoms with Gasteiger partial charge in [0.1, 0.15) is 17.0 Å². The Bertz CT molecular complexity index is 1240. The Morgan fingerprint density at radius 1 is 1.24 bits per heavy atom. The average Bonchev–Trinajstić information content (AvgIpc) is 3.21. The standard InChI is InChI=1S/C25H27Cl2N5OS/c1-16-5-2-3-10-31(16)11-4-6-22(33)32-12-9-18-21(14-32)34-25-23(18)24(28-15-29-25)30-17-7-8-19(26)20(27)13-17/h4,6-8,13,15-16H,2-3,5,9-12,14H2,1H3,(H,28,29,30)/b6-4+. The first-order valence-corrected chi connectivity index (χ1v) is 13.2. The molecule has 2 aromatic heterocycles. The van der Waals surface area contributed by atoms with Crippen molar-refractivity contribution < 1.29 is 4.79 Å².